The highest BCUT2D eigenvalue weighted by molar-refractivity contribution is 5.78. The summed E-state index contributed by atoms with van der Waals surface area (Å²) < 4.78 is 27.2. The van der Waals surface area contributed by atoms with Crippen LogP contribution in [0.3, 0.4) is 0 Å². The number of nitrogens with one attached hydrogen (secondary N) is 1. The molecule has 1 heterocycles. The molecule has 120 valence electrons. The largest absolute Gasteiger partial charge is 0.355 e. The summed E-state index contributed by atoms with van der Waals surface area (Å²) in [6.07, 6.45) is 2.61. The van der Waals surface area contributed by atoms with Crippen LogP contribution in [0, 0.1) is 17.6 Å². The van der Waals surface area contributed by atoms with Gasteiger partial charge in [-0.25, -0.2) is 8.78 Å². The van der Waals surface area contributed by atoms with Crippen molar-refractivity contribution in [3.63, 3.8) is 0 Å². The summed E-state index contributed by atoms with van der Waals surface area (Å²) in [5.41, 5.74) is 0.734. The molecule has 1 fully saturated rings. The van der Waals surface area contributed by atoms with Gasteiger partial charge in [0.2, 0.25) is 5.91 Å². The molecule has 23 heavy (non-hydrogen) atoms. The zero-order valence-electron chi connectivity index (χ0n) is 12.9. The predicted molar refractivity (Wildman–Crippen MR) is 82.8 cm³/mol. The van der Waals surface area contributed by atoms with Gasteiger partial charge in [-0.2, -0.15) is 0 Å². The molecule has 1 aromatic heterocycles. The van der Waals surface area contributed by atoms with Crippen LogP contribution in [0.2, 0.25) is 0 Å². The van der Waals surface area contributed by atoms with Crippen LogP contribution in [0.15, 0.2) is 42.6 Å². The summed E-state index contributed by atoms with van der Waals surface area (Å²) in [5.74, 6) is -1.04. The van der Waals surface area contributed by atoms with E-state index in [4.69, 9.17) is 0 Å². The first-order chi connectivity index (χ1) is 11.0. The van der Waals surface area contributed by atoms with E-state index in [1.54, 1.807) is 18.3 Å². The summed E-state index contributed by atoms with van der Waals surface area (Å²) in [5, 5.41) is 2.87. The molecule has 0 bridgehead atoms. The molecule has 0 spiro atoms. The van der Waals surface area contributed by atoms with Gasteiger partial charge < -0.3 is 5.32 Å². The minimum absolute atomic E-state index is 0.148. The molecule has 0 radical (unpaired) electrons. The van der Waals surface area contributed by atoms with Crippen molar-refractivity contribution in [3.05, 3.63) is 65.5 Å². The third kappa shape index (κ3) is 3.23. The number of benzene rings is 1. The van der Waals surface area contributed by atoms with Gasteiger partial charge in [0.15, 0.2) is 0 Å². The van der Waals surface area contributed by atoms with Crippen LogP contribution < -0.4 is 5.32 Å². The number of nitrogens with zero attached hydrogens (tertiary/aromatic N) is 1. The van der Waals surface area contributed by atoms with Gasteiger partial charge >= 0.3 is 0 Å². The summed E-state index contributed by atoms with van der Waals surface area (Å²) in [6.45, 7) is 2.36. The molecule has 1 N–H and O–H groups in total. The van der Waals surface area contributed by atoms with E-state index in [0.717, 1.165) is 12.5 Å². The van der Waals surface area contributed by atoms with Crippen LogP contribution in [-0.4, -0.2) is 17.4 Å². The number of amides is 1. The van der Waals surface area contributed by atoms with E-state index in [1.807, 2.05) is 13.0 Å². The lowest BCUT2D eigenvalue weighted by atomic mass is 9.92. The van der Waals surface area contributed by atoms with Crippen LogP contribution in [0.25, 0.3) is 0 Å². The highest BCUT2D eigenvalue weighted by Gasteiger charge is 2.53. The lowest BCUT2D eigenvalue weighted by molar-refractivity contribution is -0.120. The van der Waals surface area contributed by atoms with E-state index in [1.165, 1.54) is 12.1 Å². The van der Waals surface area contributed by atoms with Gasteiger partial charge in [0.05, 0.1) is 6.42 Å². The Hall–Kier alpha value is -2.30. The fourth-order valence-corrected chi connectivity index (χ4v) is 3.08. The SMILES string of the molecule is CC1CC1(CNC(=O)Cc1ccccn1)c1ccc(F)cc1F. The van der Waals surface area contributed by atoms with E-state index < -0.39 is 17.0 Å². The second-order valence-electron chi connectivity index (χ2n) is 6.16. The van der Waals surface area contributed by atoms with Crippen molar-refractivity contribution in [1.29, 1.82) is 0 Å². The van der Waals surface area contributed by atoms with Gasteiger partial charge in [-0.3, -0.25) is 9.78 Å². The molecule has 1 saturated carbocycles. The monoisotopic (exact) mass is 316 g/mol. The number of carbonyl (C=O) groups excluding carboxylic acids is 1. The lowest BCUT2D eigenvalue weighted by Crippen LogP contribution is -2.34. The van der Waals surface area contributed by atoms with E-state index in [0.29, 0.717) is 17.8 Å². The highest BCUT2D eigenvalue weighted by Crippen LogP contribution is 2.54. The van der Waals surface area contributed by atoms with Crippen LogP contribution in [0.1, 0.15) is 24.6 Å². The first kappa shape index (κ1) is 15.6. The number of hydrogen-bond donors (Lipinski definition) is 1. The van der Waals surface area contributed by atoms with E-state index in [2.05, 4.69) is 10.3 Å². The molecular formula is C18H18F2N2O. The average Bonchev–Trinajstić information content (AvgIpc) is 3.17. The van der Waals surface area contributed by atoms with Gasteiger partial charge in [-0.05, 0) is 36.1 Å². The molecule has 1 aliphatic carbocycles. The van der Waals surface area contributed by atoms with Crippen LogP contribution in [0.4, 0.5) is 8.78 Å². The van der Waals surface area contributed by atoms with Crippen molar-refractivity contribution in [2.24, 2.45) is 5.92 Å². The quantitative estimate of drug-likeness (QED) is 0.921. The maximum Gasteiger partial charge on any atom is 0.226 e. The van der Waals surface area contributed by atoms with Crippen molar-refractivity contribution in [2.75, 3.05) is 6.54 Å². The summed E-state index contributed by atoms with van der Waals surface area (Å²) in [7, 11) is 0. The van der Waals surface area contributed by atoms with Gasteiger partial charge in [0, 0.05) is 29.9 Å². The first-order valence-electron chi connectivity index (χ1n) is 7.63. The number of halogens is 2. The zero-order valence-corrected chi connectivity index (χ0v) is 12.9. The Morgan fingerprint density at radius 3 is 2.74 bits per heavy atom. The Labute approximate surface area is 133 Å². The van der Waals surface area contributed by atoms with Crippen LogP contribution >= 0.6 is 0 Å². The minimum Gasteiger partial charge on any atom is -0.355 e. The second kappa shape index (κ2) is 6.07. The smallest absolute Gasteiger partial charge is 0.226 e. The normalized spacial score (nSPS) is 22.7. The van der Waals surface area contributed by atoms with Crippen molar-refractivity contribution >= 4 is 5.91 Å². The molecule has 1 aromatic carbocycles. The summed E-state index contributed by atoms with van der Waals surface area (Å²) >= 11 is 0. The van der Waals surface area contributed by atoms with E-state index >= 15 is 0 Å². The molecule has 0 aliphatic heterocycles. The van der Waals surface area contributed by atoms with Crippen molar-refractivity contribution in [1.82, 2.24) is 10.3 Å². The number of pyridine rings is 1. The Kier molecular flexibility index (Phi) is 4.11. The zero-order chi connectivity index (χ0) is 16.4. The third-order valence-electron chi connectivity index (χ3n) is 4.59. The second-order valence-corrected chi connectivity index (χ2v) is 6.16. The van der Waals surface area contributed by atoms with Crippen LogP contribution in [0.5, 0.6) is 0 Å². The fourth-order valence-electron chi connectivity index (χ4n) is 3.08. The molecular weight excluding hydrogens is 298 g/mol. The Morgan fingerprint density at radius 1 is 1.35 bits per heavy atom. The van der Waals surface area contributed by atoms with Crippen molar-refractivity contribution in [2.45, 2.75) is 25.2 Å². The molecule has 3 nitrogen and oxygen atoms in total. The molecule has 2 aromatic rings. The molecule has 1 aliphatic rings. The molecule has 2 atom stereocenters. The van der Waals surface area contributed by atoms with E-state index in [9.17, 15) is 13.6 Å². The number of aromatic nitrogens is 1. The van der Waals surface area contributed by atoms with Gasteiger partial charge in [-0.15, -0.1) is 0 Å². The summed E-state index contributed by atoms with van der Waals surface area (Å²) in [6, 6.07) is 9.06. The predicted octanol–water partition coefficient (Wildman–Crippen LogP) is 3.00. The van der Waals surface area contributed by atoms with Crippen molar-refractivity contribution < 1.29 is 13.6 Å². The standard InChI is InChI=1S/C18H18F2N2O/c1-12-10-18(12,15-6-5-13(19)8-16(15)20)11-22-17(23)9-14-4-2-3-7-21-14/h2-8,12H,9-11H2,1H3,(H,22,23). The van der Waals surface area contributed by atoms with Gasteiger partial charge in [-0.1, -0.05) is 19.1 Å². The van der Waals surface area contributed by atoms with Crippen molar-refractivity contribution in [3.8, 4) is 0 Å². The first-order valence-corrected chi connectivity index (χ1v) is 7.63. The Morgan fingerprint density at radius 2 is 2.13 bits per heavy atom. The number of carbonyl (C=O) groups is 1. The number of rotatable bonds is 5. The average molecular weight is 316 g/mol. The molecule has 3 rings (SSSR count). The van der Waals surface area contributed by atoms with Crippen LogP contribution in [-0.2, 0) is 16.6 Å². The maximum atomic E-state index is 14.1. The molecule has 2 unspecified atom stereocenters. The van der Waals surface area contributed by atoms with Gasteiger partial charge in [0.1, 0.15) is 11.6 Å². The molecule has 1 amide bonds. The topological polar surface area (TPSA) is 42.0 Å². The maximum absolute atomic E-state index is 14.1. The number of hydrogen-bond acceptors (Lipinski definition) is 2. The van der Waals surface area contributed by atoms with E-state index in [-0.39, 0.29) is 18.2 Å². The Balaban J connectivity index is 1.67. The highest BCUT2D eigenvalue weighted by atomic mass is 19.1. The fraction of sp³-hybridized carbons (Fsp3) is 0.333. The third-order valence-corrected chi connectivity index (χ3v) is 4.59. The lowest BCUT2D eigenvalue weighted by Gasteiger charge is -2.19. The summed E-state index contributed by atoms with van der Waals surface area (Å²) in [4.78, 5) is 16.2. The Bertz CT molecular complexity index is 720. The minimum atomic E-state index is -0.589. The molecule has 0 saturated heterocycles. The molecule has 5 heteroatoms. The van der Waals surface area contributed by atoms with Gasteiger partial charge in [0.25, 0.3) is 0 Å².